The molecule has 5 nitrogen and oxygen atoms in total. The van der Waals surface area contributed by atoms with E-state index in [4.69, 9.17) is 0 Å². The number of aromatic nitrogens is 2. The fourth-order valence-electron chi connectivity index (χ4n) is 3.27. The maximum Gasteiger partial charge on any atom is 0.0912 e. The van der Waals surface area contributed by atoms with Crippen molar-refractivity contribution in [2.24, 2.45) is 0 Å². The Morgan fingerprint density at radius 2 is 2.18 bits per heavy atom. The molecule has 3 rings (SSSR count). The van der Waals surface area contributed by atoms with Gasteiger partial charge in [0, 0.05) is 38.6 Å². The van der Waals surface area contributed by atoms with Gasteiger partial charge in [0.25, 0.3) is 0 Å². The maximum atomic E-state index is 10.6. The quantitative estimate of drug-likeness (QED) is 0.906. The van der Waals surface area contributed by atoms with Crippen LogP contribution in [0.4, 0.5) is 0 Å². The summed E-state index contributed by atoms with van der Waals surface area (Å²) in [6, 6.07) is 10.3. The number of nitrogens with zero attached hydrogens (tertiary/aromatic N) is 4. The van der Waals surface area contributed by atoms with Crippen molar-refractivity contribution in [3.8, 4) is 5.69 Å². The second-order valence-electron chi connectivity index (χ2n) is 6.54. The van der Waals surface area contributed by atoms with Crippen molar-refractivity contribution in [3.05, 3.63) is 48.3 Å². The van der Waals surface area contributed by atoms with Crippen LogP contribution >= 0.6 is 0 Å². The number of likely N-dealkylation sites (tertiary alicyclic amines) is 1. The third-order valence-electron chi connectivity index (χ3n) is 4.11. The van der Waals surface area contributed by atoms with Gasteiger partial charge in [-0.25, -0.2) is 4.68 Å². The van der Waals surface area contributed by atoms with Gasteiger partial charge in [-0.3, -0.25) is 4.90 Å². The Morgan fingerprint density at radius 3 is 2.91 bits per heavy atom. The van der Waals surface area contributed by atoms with E-state index in [1.54, 1.807) is 6.20 Å². The first kappa shape index (κ1) is 15.2. The summed E-state index contributed by atoms with van der Waals surface area (Å²) in [4.78, 5) is 4.38. The Bertz CT molecular complexity index is 611. The van der Waals surface area contributed by atoms with E-state index in [0.717, 1.165) is 38.3 Å². The second-order valence-corrected chi connectivity index (χ2v) is 6.54. The molecule has 0 amide bonds. The van der Waals surface area contributed by atoms with E-state index in [1.807, 2.05) is 31.0 Å². The predicted molar refractivity (Wildman–Crippen MR) is 87.0 cm³/mol. The van der Waals surface area contributed by atoms with Crippen LogP contribution in [0.1, 0.15) is 12.0 Å². The van der Waals surface area contributed by atoms with Crippen LogP contribution in [-0.4, -0.2) is 64.0 Å². The minimum absolute atomic E-state index is 0.580. The molecule has 118 valence electrons. The number of rotatable bonds is 5. The zero-order valence-electron chi connectivity index (χ0n) is 13.3. The molecule has 1 aliphatic rings. The lowest BCUT2D eigenvalue weighted by atomic mass is 10.0. The third-order valence-corrected chi connectivity index (χ3v) is 4.11. The summed E-state index contributed by atoms with van der Waals surface area (Å²) < 4.78 is 1.87. The number of likely N-dealkylation sites (N-methyl/N-ethyl adjacent to an activating group) is 1. The second kappa shape index (κ2) is 6.20. The van der Waals surface area contributed by atoms with Gasteiger partial charge in [-0.15, -0.1) is 0 Å². The summed E-state index contributed by atoms with van der Waals surface area (Å²) in [5, 5.41) is 14.9. The average Bonchev–Trinajstić information content (AvgIpc) is 3.09. The van der Waals surface area contributed by atoms with E-state index in [9.17, 15) is 5.11 Å². The molecular formula is C17H24N4O. The first-order valence-electron chi connectivity index (χ1n) is 7.73. The number of benzene rings is 1. The Labute approximate surface area is 131 Å². The fourth-order valence-corrected chi connectivity index (χ4v) is 3.27. The molecule has 1 fully saturated rings. The summed E-state index contributed by atoms with van der Waals surface area (Å²) >= 11 is 0. The first-order valence-corrected chi connectivity index (χ1v) is 7.73. The Morgan fingerprint density at radius 1 is 1.32 bits per heavy atom. The van der Waals surface area contributed by atoms with Gasteiger partial charge in [0.15, 0.2) is 0 Å². The van der Waals surface area contributed by atoms with Gasteiger partial charge in [-0.1, -0.05) is 12.1 Å². The molecule has 1 N–H and O–H groups in total. The number of hydrogen-bond donors (Lipinski definition) is 1. The van der Waals surface area contributed by atoms with Crippen molar-refractivity contribution in [2.45, 2.75) is 18.6 Å². The standard InChI is InChI=1S/C17H24N4O/c1-19(2)13-17(22)7-10-20(14-17)12-15-5-3-6-16(11-15)21-9-4-8-18-21/h3-6,8-9,11,22H,7,10,12-14H2,1-2H3/t17-/m0/s1. The van der Waals surface area contributed by atoms with E-state index >= 15 is 0 Å². The van der Waals surface area contributed by atoms with Gasteiger partial charge in [0.1, 0.15) is 0 Å². The molecule has 22 heavy (non-hydrogen) atoms. The van der Waals surface area contributed by atoms with E-state index in [2.05, 4.69) is 39.2 Å². The first-order chi connectivity index (χ1) is 10.5. The van der Waals surface area contributed by atoms with E-state index in [0.29, 0.717) is 0 Å². The largest absolute Gasteiger partial charge is 0.387 e. The van der Waals surface area contributed by atoms with Gasteiger partial charge in [-0.2, -0.15) is 5.10 Å². The zero-order chi connectivity index (χ0) is 15.6. The van der Waals surface area contributed by atoms with Crippen LogP contribution < -0.4 is 0 Å². The molecular weight excluding hydrogens is 276 g/mol. The normalized spacial score (nSPS) is 22.5. The summed E-state index contributed by atoms with van der Waals surface area (Å²) in [6.45, 7) is 3.26. The predicted octanol–water partition coefficient (Wildman–Crippen LogP) is 1.37. The van der Waals surface area contributed by atoms with Crippen molar-refractivity contribution in [1.82, 2.24) is 19.6 Å². The molecule has 2 aromatic rings. The monoisotopic (exact) mass is 300 g/mol. The molecule has 1 aromatic heterocycles. The van der Waals surface area contributed by atoms with Crippen LogP contribution in [0.2, 0.25) is 0 Å². The van der Waals surface area contributed by atoms with Crippen LogP contribution in [0.3, 0.4) is 0 Å². The van der Waals surface area contributed by atoms with Crippen molar-refractivity contribution in [3.63, 3.8) is 0 Å². The lowest BCUT2D eigenvalue weighted by Gasteiger charge is -2.26. The molecule has 0 unspecified atom stereocenters. The van der Waals surface area contributed by atoms with Gasteiger partial charge in [-0.05, 0) is 44.3 Å². The van der Waals surface area contributed by atoms with E-state index in [-0.39, 0.29) is 0 Å². The van der Waals surface area contributed by atoms with E-state index in [1.165, 1.54) is 5.56 Å². The maximum absolute atomic E-state index is 10.6. The van der Waals surface area contributed by atoms with Gasteiger partial charge in [0.2, 0.25) is 0 Å². The van der Waals surface area contributed by atoms with Crippen molar-refractivity contribution < 1.29 is 5.11 Å². The van der Waals surface area contributed by atoms with Crippen LogP contribution in [-0.2, 0) is 6.54 Å². The minimum Gasteiger partial charge on any atom is -0.387 e. The third kappa shape index (κ3) is 3.55. The molecule has 5 heteroatoms. The number of β-amino-alcohol motifs (C(OH)–C–C–N with tert-alkyl or cyclic N) is 1. The number of hydrogen-bond acceptors (Lipinski definition) is 4. The van der Waals surface area contributed by atoms with Crippen LogP contribution in [0.15, 0.2) is 42.7 Å². The van der Waals surface area contributed by atoms with Gasteiger partial charge >= 0.3 is 0 Å². The lowest BCUT2D eigenvalue weighted by Crippen LogP contribution is -2.42. The molecule has 0 spiro atoms. The SMILES string of the molecule is CN(C)C[C@@]1(O)CCN(Cc2cccc(-n3cccn3)c2)C1. The van der Waals surface area contributed by atoms with Crippen molar-refractivity contribution in [1.29, 1.82) is 0 Å². The molecule has 0 radical (unpaired) electrons. The van der Waals surface area contributed by atoms with E-state index < -0.39 is 5.60 Å². The molecule has 1 aliphatic heterocycles. The minimum atomic E-state index is -0.580. The van der Waals surface area contributed by atoms with Crippen LogP contribution in [0, 0.1) is 0 Å². The highest BCUT2D eigenvalue weighted by Gasteiger charge is 2.36. The highest BCUT2D eigenvalue weighted by atomic mass is 16.3. The smallest absolute Gasteiger partial charge is 0.0912 e. The molecule has 0 bridgehead atoms. The Balaban J connectivity index is 1.66. The zero-order valence-corrected chi connectivity index (χ0v) is 13.3. The summed E-state index contributed by atoms with van der Waals surface area (Å²) in [6.07, 6.45) is 4.57. The fraction of sp³-hybridized carbons (Fsp3) is 0.471. The molecule has 0 aliphatic carbocycles. The summed E-state index contributed by atoms with van der Waals surface area (Å²) in [7, 11) is 4.02. The van der Waals surface area contributed by atoms with Crippen molar-refractivity contribution >= 4 is 0 Å². The number of aliphatic hydroxyl groups is 1. The molecule has 1 saturated heterocycles. The topological polar surface area (TPSA) is 44.5 Å². The van der Waals surface area contributed by atoms with Gasteiger partial charge in [0.05, 0.1) is 11.3 Å². The Hall–Kier alpha value is -1.69. The highest BCUT2D eigenvalue weighted by molar-refractivity contribution is 5.35. The average molecular weight is 300 g/mol. The Kier molecular flexibility index (Phi) is 4.29. The summed E-state index contributed by atoms with van der Waals surface area (Å²) in [5.74, 6) is 0. The molecule has 0 saturated carbocycles. The lowest BCUT2D eigenvalue weighted by molar-refractivity contribution is 0.0240. The van der Waals surface area contributed by atoms with Gasteiger partial charge < -0.3 is 10.0 Å². The highest BCUT2D eigenvalue weighted by Crippen LogP contribution is 2.24. The summed E-state index contributed by atoms with van der Waals surface area (Å²) in [5.41, 5.74) is 1.75. The molecule has 1 aromatic carbocycles. The van der Waals surface area contributed by atoms with Crippen LogP contribution in [0.25, 0.3) is 5.69 Å². The molecule has 1 atom stereocenters. The molecule has 2 heterocycles. The van der Waals surface area contributed by atoms with Crippen LogP contribution in [0.5, 0.6) is 0 Å². The van der Waals surface area contributed by atoms with Crippen molar-refractivity contribution in [2.75, 3.05) is 33.7 Å².